The molecule has 6 nitrogen and oxygen atoms in total. The monoisotopic (exact) mass is 387 g/mol. The lowest BCUT2D eigenvalue weighted by molar-refractivity contribution is -0.899. The first-order valence-corrected chi connectivity index (χ1v) is 10.7. The second kappa shape index (κ2) is 7.94. The average molecular weight is 388 g/mol. The molecule has 0 radical (unpaired) electrons. The summed E-state index contributed by atoms with van der Waals surface area (Å²) >= 11 is 1.75. The Bertz CT molecular complexity index is 803. The Balaban J connectivity index is 1.38. The van der Waals surface area contributed by atoms with E-state index in [4.69, 9.17) is 10.7 Å². The van der Waals surface area contributed by atoms with Crippen LogP contribution in [0.2, 0.25) is 0 Å². The van der Waals surface area contributed by atoms with Crippen LogP contribution < -0.4 is 10.6 Å². The van der Waals surface area contributed by atoms with Crippen molar-refractivity contribution in [2.75, 3.05) is 32.7 Å². The average Bonchev–Trinajstić information content (AvgIpc) is 3.12. The van der Waals surface area contributed by atoms with Crippen LogP contribution in [0, 0.1) is 5.92 Å². The van der Waals surface area contributed by atoms with Crippen LogP contribution in [0.4, 0.5) is 0 Å². The number of thiazole rings is 1. The van der Waals surface area contributed by atoms with Crippen LogP contribution in [0.1, 0.15) is 36.6 Å². The van der Waals surface area contributed by atoms with Gasteiger partial charge in [0.05, 0.1) is 34.2 Å². The number of hydrogen-bond acceptors (Lipinski definition) is 4. The van der Waals surface area contributed by atoms with E-state index >= 15 is 0 Å². The number of likely N-dealkylation sites (tertiary alicyclic amines) is 2. The maximum atomic E-state index is 12.9. The molecular formula is C20H27N4O2S+. The summed E-state index contributed by atoms with van der Waals surface area (Å²) in [5.74, 6) is 0.211. The minimum Gasteiger partial charge on any atom is -0.369 e. The largest absolute Gasteiger partial charge is 0.369 e. The number of rotatable bonds is 4. The lowest BCUT2D eigenvalue weighted by Gasteiger charge is -2.34. The molecule has 1 aromatic carbocycles. The van der Waals surface area contributed by atoms with Crippen LogP contribution in [0.3, 0.4) is 0 Å². The van der Waals surface area contributed by atoms with Gasteiger partial charge in [0.15, 0.2) is 6.54 Å². The fourth-order valence-corrected chi connectivity index (χ4v) is 5.44. The molecule has 2 aliphatic rings. The minimum absolute atomic E-state index is 0.0848. The van der Waals surface area contributed by atoms with Gasteiger partial charge in [0.25, 0.3) is 5.91 Å². The molecular weight excluding hydrogens is 360 g/mol. The Labute approximate surface area is 163 Å². The predicted molar refractivity (Wildman–Crippen MR) is 106 cm³/mol. The van der Waals surface area contributed by atoms with Gasteiger partial charge < -0.3 is 15.5 Å². The lowest BCUT2D eigenvalue weighted by atomic mass is 9.97. The minimum atomic E-state index is -0.228. The highest BCUT2D eigenvalue weighted by molar-refractivity contribution is 7.18. The van der Waals surface area contributed by atoms with Gasteiger partial charge in [-0.2, -0.15) is 0 Å². The van der Waals surface area contributed by atoms with Crippen molar-refractivity contribution >= 4 is 33.4 Å². The Morgan fingerprint density at radius 1 is 1.26 bits per heavy atom. The number of nitrogens with zero attached hydrogens (tertiary/aromatic N) is 2. The molecule has 2 aromatic rings. The first kappa shape index (κ1) is 18.4. The summed E-state index contributed by atoms with van der Waals surface area (Å²) < 4.78 is 1.21. The van der Waals surface area contributed by atoms with E-state index in [9.17, 15) is 9.59 Å². The Kier molecular flexibility index (Phi) is 5.41. The number of hydrogen-bond donors (Lipinski definition) is 2. The van der Waals surface area contributed by atoms with Crippen LogP contribution in [0.15, 0.2) is 24.3 Å². The first-order chi connectivity index (χ1) is 13.1. The summed E-state index contributed by atoms with van der Waals surface area (Å²) in [4.78, 5) is 32.3. The summed E-state index contributed by atoms with van der Waals surface area (Å²) in [7, 11) is 0. The summed E-state index contributed by atoms with van der Waals surface area (Å²) in [6.07, 6.45) is 3.93. The normalized spacial score (nSPS) is 26.2. The molecule has 0 saturated carbocycles. The highest BCUT2D eigenvalue weighted by atomic mass is 32.1. The first-order valence-electron chi connectivity index (χ1n) is 9.86. The van der Waals surface area contributed by atoms with Crippen molar-refractivity contribution in [2.24, 2.45) is 11.7 Å². The number of para-hydroxylation sites is 1. The Morgan fingerprint density at radius 3 is 2.93 bits per heavy atom. The third-order valence-electron chi connectivity index (χ3n) is 5.86. The maximum Gasteiger partial charge on any atom is 0.277 e. The van der Waals surface area contributed by atoms with Gasteiger partial charge in [-0.3, -0.25) is 9.59 Å². The zero-order valence-corrected chi connectivity index (χ0v) is 16.3. The fourth-order valence-electron chi connectivity index (χ4n) is 4.35. The second-order valence-corrected chi connectivity index (χ2v) is 8.88. The van der Waals surface area contributed by atoms with Gasteiger partial charge in [-0.05, 0) is 37.8 Å². The number of aromatic nitrogens is 1. The standard InChI is InChI=1S/C20H26N4O2S/c21-19(26)14-5-3-9-23(11-14)13-18(25)24-10-4-6-15(12-24)20-22-16-7-1-2-8-17(16)27-20/h1-2,7-8,14-15H,3-6,9-13H2,(H2,21,26)/p+1/t14-,15+/m0/s1. The van der Waals surface area contributed by atoms with Gasteiger partial charge in [0, 0.05) is 19.0 Å². The van der Waals surface area contributed by atoms with E-state index in [1.165, 1.54) is 9.60 Å². The van der Waals surface area contributed by atoms with Crippen molar-refractivity contribution < 1.29 is 14.5 Å². The summed E-state index contributed by atoms with van der Waals surface area (Å²) in [6, 6.07) is 8.22. The smallest absolute Gasteiger partial charge is 0.277 e. The number of carbonyl (C=O) groups is 2. The maximum absolute atomic E-state index is 12.9. The van der Waals surface area contributed by atoms with Crippen molar-refractivity contribution in [3.05, 3.63) is 29.3 Å². The van der Waals surface area contributed by atoms with E-state index in [1.54, 1.807) is 11.3 Å². The van der Waals surface area contributed by atoms with Crippen molar-refractivity contribution in [3.8, 4) is 0 Å². The van der Waals surface area contributed by atoms with Crippen LogP contribution >= 0.6 is 11.3 Å². The van der Waals surface area contributed by atoms with Gasteiger partial charge in [-0.25, -0.2) is 4.98 Å². The molecule has 7 heteroatoms. The topological polar surface area (TPSA) is 80.7 Å². The molecule has 3 heterocycles. The van der Waals surface area contributed by atoms with E-state index in [0.29, 0.717) is 19.0 Å². The van der Waals surface area contributed by atoms with Gasteiger partial charge in [0.2, 0.25) is 5.91 Å². The van der Waals surface area contributed by atoms with Crippen molar-refractivity contribution in [2.45, 2.75) is 31.6 Å². The third-order valence-corrected chi connectivity index (χ3v) is 7.05. The van der Waals surface area contributed by atoms with E-state index in [-0.39, 0.29) is 17.7 Å². The molecule has 3 atom stereocenters. The molecule has 27 heavy (non-hydrogen) atoms. The molecule has 2 amide bonds. The second-order valence-electron chi connectivity index (χ2n) is 7.82. The predicted octanol–water partition coefficient (Wildman–Crippen LogP) is 0.783. The number of fused-ring (bicyclic) bond motifs is 1. The number of nitrogens with one attached hydrogen (secondary N) is 1. The fraction of sp³-hybridized carbons (Fsp3) is 0.550. The van der Waals surface area contributed by atoms with Crippen molar-refractivity contribution in [1.29, 1.82) is 0 Å². The zero-order chi connectivity index (χ0) is 18.8. The van der Waals surface area contributed by atoms with Crippen LogP contribution in [-0.4, -0.2) is 54.4 Å². The molecule has 144 valence electrons. The highest BCUT2D eigenvalue weighted by Gasteiger charge is 2.32. The number of nitrogens with two attached hydrogens (primary N) is 1. The molecule has 4 rings (SSSR count). The number of quaternary nitrogens is 1. The van der Waals surface area contributed by atoms with Gasteiger partial charge in [-0.15, -0.1) is 11.3 Å². The molecule has 2 aliphatic heterocycles. The van der Waals surface area contributed by atoms with E-state index < -0.39 is 0 Å². The van der Waals surface area contributed by atoms with Crippen LogP contribution in [-0.2, 0) is 9.59 Å². The summed E-state index contributed by atoms with van der Waals surface area (Å²) in [5.41, 5.74) is 6.52. The zero-order valence-electron chi connectivity index (χ0n) is 15.5. The van der Waals surface area contributed by atoms with E-state index in [2.05, 4.69) is 12.1 Å². The molecule has 0 spiro atoms. The number of primary amides is 1. The number of amides is 2. The third kappa shape index (κ3) is 4.14. The van der Waals surface area contributed by atoms with Crippen LogP contribution in [0.25, 0.3) is 10.2 Å². The molecule has 1 aromatic heterocycles. The van der Waals surface area contributed by atoms with Gasteiger partial charge in [0.1, 0.15) is 0 Å². The lowest BCUT2D eigenvalue weighted by Crippen LogP contribution is -3.15. The molecule has 3 N–H and O–H groups in total. The molecule has 1 unspecified atom stereocenters. The Hall–Kier alpha value is -1.99. The number of carbonyl (C=O) groups excluding carboxylic acids is 2. The SMILES string of the molecule is NC(=O)[C@H]1CCC[NH+](CC(=O)N2CCC[C@@H](c3nc4ccccc4s3)C2)C1. The van der Waals surface area contributed by atoms with Crippen LogP contribution in [0.5, 0.6) is 0 Å². The highest BCUT2D eigenvalue weighted by Crippen LogP contribution is 2.32. The van der Waals surface area contributed by atoms with Crippen molar-refractivity contribution in [3.63, 3.8) is 0 Å². The number of benzene rings is 1. The quantitative estimate of drug-likeness (QED) is 0.814. The number of piperidine rings is 2. The molecule has 0 bridgehead atoms. The summed E-state index contributed by atoms with van der Waals surface area (Å²) in [5, 5.41) is 1.15. The van der Waals surface area contributed by atoms with Crippen molar-refractivity contribution in [1.82, 2.24) is 9.88 Å². The van der Waals surface area contributed by atoms with E-state index in [0.717, 1.165) is 55.8 Å². The van der Waals surface area contributed by atoms with E-state index in [1.807, 2.05) is 17.0 Å². The Morgan fingerprint density at radius 2 is 2.11 bits per heavy atom. The molecule has 0 aliphatic carbocycles. The van der Waals surface area contributed by atoms with Gasteiger partial charge in [-0.1, -0.05) is 12.1 Å². The van der Waals surface area contributed by atoms with Gasteiger partial charge >= 0.3 is 0 Å². The molecule has 2 saturated heterocycles. The molecule has 2 fully saturated rings. The summed E-state index contributed by atoms with van der Waals surface area (Å²) in [6.45, 7) is 3.69.